The second-order valence-corrected chi connectivity index (χ2v) is 11.4. The zero-order chi connectivity index (χ0) is 27.0. The summed E-state index contributed by atoms with van der Waals surface area (Å²) in [4.78, 5) is 57.8. The number of fused-ring (bicyclic) bond motifs is 1. The summed E-state index contributed by atoms with van der Waals surface area (Å²) in [6.07, 6.45) is 5.56. The van der Waals surface area contributed by atoms with Crippen molar-refractivity contribution >= 4 is 29.5 Å². The Kier molecular flexibility index (Phi) is 7.45. The Bertz CT molecular complexity index is 1330. The van der Waals surface area contributed by atoms with Gasteiger partial charge in [0.15, 0.2) is 0 Å². The molecule has 5 rings (SSSR count). The van der Waals surface area contributed by atoms with Crippen molar-refractivity contribution in [2.24, 2.45) is 5.73 Å². The Labute approximate surface area is 225 Å². The topological polar surface area (TPSA) is 137 Å². The molecule has 38 heavy (non-hydrogen) atoms. The number of amides is 2. The van der Waals surface area contributed by atoms with E-state index in [1.165, 1.54) is 28.0 Å². The first-order chi connectivity index (χ1) is 18.3. The number of carboxylic acid groups (broad SMARTS) is 1. The molecule has 200 valence electrons. The van der Waals surface area contributed by atoms with Crippen LogP contribution in [0.15, 0.2) is 58.5 Å². The van der Waals surface area contributed by atoms with Crippen molar-refractivity contribution in [3.63, 3.8) is 0 Å². The van der Waals surface area contributed by atoms with Crippen molar-refractivity contribution in [3.8, 4) is 0 Å². The molecule has 1 aromatic heterocycles. The van der Waals surface area contributed by atoms with E-state index in [-0.39, 0.29) is 17.8 Å². The first-order valence-electron chi connectivity index (χ1n) is 13.0. The van der Waals surface area contributed by atoms with Gasteiger partial charge in [-0.25, -0.2) is 4.79 Å². The number of hydrogen-bond acceptors (Lipinski definition) is 6. The third kappa shape index (κ3) is 4.78. The van der Waals surface area contributed by atoms with Gasteiger partial charge >= 0.3 is 5.97 Å². The fourth-order valence-electron chi connectivity index (χ4n) is 5.68. The van der Waals surface area contributed by atoms with Crippen molar-refractivity contribution in [1.82, 2.24) is 14.8 Å². The van der Waals surface area contributed by atoms with Gasteiger partial charge in [0.25, 0.3) is 11.5 Å². The normalized spacial score (nSPS) is 22.5. The smallest absolute Gasteiger partial charge is 0.352 e. The summed E-state index contributed by atoms with van der Waals surface area (Å²) in [6, 6.07) is 10.5. The van der Waals surface area contributed by atoms with Gasteiger partial charge in [-0.05, 0) is 49.0 Å². The van der Waals surface area contributed by atoms with Gasteiger partial charge in [0.2, 0.25) is 5.91 Å². The molecule has 3 heterocycles. The van der Waals surface area contributed by atoms with Crippen molar-refractivity contribution in [1.29, 1.82) is 0 Å². The highest BCUT2D eigenvalue weighted by molar-refractivity contribution is 8.00. The summed E-state index contributed by atoms with van der Waals surface area (Å²) in [7, 11) is 0. The van der Waals surface area contributed by atoms with E-state index < -0.39 is 35.2 Å². The molecule has 2 amide bonds. The maximum absolute atomic E-state index is 13.8. The van der Waals surface area contributed by atoms with Crippen LogP contribution in [0.5, 0.6) is 0 Å². The van der Waals surface area contributed by atoms with Crippen LogP contribution in [0, 0.1) is 0 Å². The van der Waals surface area contributed by atoms with Crippen LogP contribution in [0.1, 0.15) is 67.8 Å². The number of aromatic nitrogens is 1. The Morgan fingerprint density at radius 3 is 2.50 bits per heavy atom. The molecule has 0 spiro atoms. The molecular weight excluding hydrogens is 504 g/mol. The van der Waals surface area contributed by atoms with Gasteiger partial charge < -0.3 is 20.7 Å². The maximum atomic E-state index is 13.8. The highest BCUT2D eigenvalue weighted by atomic mass is 32.2. The van der Waals surface area contributed by atoms with Gasteiger partial charge in [0.1, 0.15) is 23.2 Å². The highest BCUT2D eigenvalue weighted by Crippen LogP contribution is 2.43. The van der Waals surface area contributed by atoms with Crippen LogP contribution < -0.4 is 11.3 Å². The van der Waals surface area contributed by atoms with Gasteiger partial charge in [-0.3, -0.25) is 19.3 Å². The number of β-lactam (4-membered cyclic amide) rings is 1. The standard InChI is InChI=1S/C28H32N4O5S/c1-16-15-38-27-23(26(35)32(27)22(16)28(36)37)31(25(34)21(29)18-10-6-3-7-11-18)14-19-12-13-20(30-24(19)33)17-8-4-2-5-9-17/h3,6-7,10-13,17,21,23,27H,2,4-5,8-9,14-15,29H2,1H3,(H,30,33)(H,36,37)/t21-,23-,27-/m1/s1. The number of nitrogens with zero attached hydrogens (tertiary/aromatic N) is 2. The van der Waals surface area contributed by atoms with Crippen LogP contribution >= 0.6 is 11.8 Å². The molecule has 3 atom stereocenters. The molecule has 1 aromatic carbocycles. The first-order valence-corrected chi connectivity index (χ1v) is 14.0. The van der Waals surface area contributed by atoms with Gasteiger partial charge in [-0.1, -0.05) is 49.6 Å². The molecular formula is C28H32N4O5S. The number of benzene rings is 1. The highest BCUT2D eigenvalue weighted by Gasteiger charge is 2.57. The number of thioether (sulfide) groups is 1. The van der Waals surface area contributed by atoms with Crippen molar-refractivity contribution < 1.29 is 19.5 Å². The molecule has 1 saturated carbocycles. The molecule has 2 aromatic rings. The summed E-state index contributed by atoms with van der Waals surface area (Å²) >= 11 is 1.41. The van der Waals surface area contributed by atoms with E-state index in [1.807, 2.05) is 12.1 Å². The Balaban J connectivity index is 1.46. The number of aliphatic carboxylic acids is 1. The van der Waals surface area contributed by atoms with Crippen LogP contribution in [0.4, 0.5) is 0 Å². The van der Waals surface area contributed by atoms with Crippen LogP contribution in [0.3, 0.4) is 0 Å². The van der Waals surface area contributed by atoms with Gasteiger partial charge in [-0.2, -0.15) is 0 Å². The molecule has 2 aliphatic heterocycles. The lowest BCUT2D eigenvalue weighted by Gasteiger charge is -2.53. The van der Waals surface area contributed by atoms with Gasteiger partial charge in [0, 0.05) is 17.0 Å². The summed E-state index contributed by atoms with van der Waals surface area (Å²) < 4.78 is 0. The molecule has 0 radical (unpaired) electrons. The molecule has 0 unspecified atom stereocenters. The van der Waals surface area contributed by atoms with E-state index in [2.05, 4.69) is 4.98 Å². The fraction of sp³-hybridized carbons (Fsp3) is 0.429. The molecule has 10 heteroatoms. The van der Waals surface area contributed by atoms with Crippen LogP contribution in [-0.2, 0) is 20.9 Å². The van der Waals surface area contributed by atoms with E-state index in [4.69, 9.17) is 5.73 Å². The number of nitrogens with one attached hydrogen (secondary N) is 1. The average molecular weight is 537 g/mol. The third-order valence-corrected chi connectivity index (χ3v) is 9.19. The number of aromatic amines is 1. The minimum absolute atomic E-state index is 0.0376. The lowest BCUT2D eigenvalue weighted by Crippen LogP contribution is -2.71. The summed E-state index contributed by atoms with van der Waals surface area (Å²) in [5.41, 5.74) is 8.48. The maximum Gasteiger partial charge on any atom is 0.352 e. The number of rotatable bonds is 7. The number of carbonyl (C=O) groups excluding carboxylic acids is 2. The van der Waals surface area contributed by atoms with E-state index >= 15 is 0 Å². The van der Waals surface area contributed by atoms with E-state index in [1.54, 1.807) is 37.3 Å². The molecule has 9 nitrogen and oxygen atoms in total. The second kappa shape index (κ2) is 10.8. The lowest BCUT2D eigenvalue weighted by molar-refractivity contribution is -0.161. The second-order valence-electron chi connectivity index (χ2n) is 10.2. The van der Waals surface area contributed by atoms with E-state index in [9.17, 15) is 24.3 Å². The summed E-state index contributed by atoms with van der Waals surface area (Å²) in [6.45, 7) is 1.58. The number of pyridine rings is 1. The predicted octanol–water partition coefficient (Wildman–Crippen LogP) is 3.09. The molecule has 4 N–H and O–H groups in total. The summed E-state index contributed by atoms with van der Waals surface area (Å²) in [5.74, 6) is -1.40. The average Bonchev–Trinajstić information content (AvgIpc) is 2.93. The fourth-order valence-corrected chi connectivity index (χ4v) is 7.04. The third-order valence-electron chi connectivity index (χ3n) is 7.78. The van der Waals surface area contributed by atoms with Crippen molar-refractivity contribution in [2.45, 2.75) is 68.9 Å². The SMILES string of the molecule is CC1=C(C(=O)O)N2C(=O)[C@@H](N(Cc3ccc(C4CCCCC4)[nH]c3=O)C(=O)[C@H](N)c3ccccc3)[C@H]2SC1. The zero-order valence-electron chi connectivity index (χ0n) is 21.3. The molecule has 1 aliphatic carbocycles. The number of H-pyrrole nitrogens is 1. The molecule has 3 aliphatic rings. The number of hydrogen-bond donors (Lipinski definition) is 3. The molecule has 1 saturated heterocycles. The first kappa shape index (κ1) is 26.2. The monoisotopic (exact) mass is 536 g/mol. The van der Waals surface area contributed by atoms with E-state index in [0.717, 1.165) is 31.4 Å². The Morgan fingerprint density at radius 2 is 1.84 bits per heavy atom. The van der Waals surface area contributed by atoms with Crippen LogP contribution in [0.25, 0.3) is 0 Å². The predicted molar refractivity (Wildman–Crippen MR) is 144 cm³/mol. The van der Waals surface area contributed by atoms with Crippen molar-refractivity contribution in [2.75, 3.05) is 5.75 Å². The zero-order valence-corrected chi connectivity index (χ0v) is 22.1. The van der Waals surface area contributed by atoms with E-state index in [0.29, 0.717) is 28.4 Å². The Morgan fingerprint density at radius 1 is 1.13 bits per heavy atom. The number of nitrogens with two attached hydrogens (primary N) is 1. The van der Waals surface area contributed by atoms with Gasteiger partial charge in [0.05, 0.1) is 6.54 Å². The minimum atomic E-state index is -1.17. The number of carboxylic acids is 1. The summed E-state index contributed by atoms with van der Waals surface area (Å²) in [5, 5.41) is 9.15. The minimum Gasteiger partial charge on any atom is -0.477 e. The van der Waals surface area contributed by atoms with Gasteiger partial charge in [-0.15, -0.1) is 11.8 Å². The van der Waals surface area contributed by atoms with Crippen LogP contribution in [0.2, 0.25) is 0 Å². The quantitative estimate of drug-likeness (QED) is 0.463. The molecule has 2 fully saturated rings. The molecule has 0 bridgehead atoms. The number of carbonyl (C=O) groups is 3. The van der Waals surface area contributed by atoms with Crippen molar-refractivity contribution in [3.05, 3.63) is 80.9 Å². The lowest BCUT2D eigenvalue weighted by atomic mass is 9.86. The largest absolute Gasteiger partial charge is 0.477 e. The van der Waals surface area contributed by atoms with Crippen LogP contribution in [-0.4, -0.2) is 54.8 Å². The Hall–Kier alpha value is -3.37.